The monoisotopic (exact) mass is 512 g/mol. The molecule has 0 aliphatic heterocycles. The van der Waals surface area contributed by atoms with Crippen LogP contribution in [-0.2, 0) is 4.79 Å². The smallest absolute Gasteiger partial charge is 0.251 e. The zero-order valence-corrected chi connectivity index (χ0v) is 20.4. The van der Waals surface area contributed by atoms with Crippen molar-refractivity contribution in [3.8, 4) is 11.1 Å². The first-order chi connectivity index (χ1) is 16.5. The Morgan fingerprint density at radius 2 is 1.44 bits per heavy atom. The standard InChI is InChI=1S/C29H25BrN2O2/c1-20-7-5-6-10-26(20)21-11-13-23(14-12-21)29(34)32-27(22-8-3-2-4-9-22)19-28(33)31-25-17-15-24(30)16-18-25/h2-18,27H,19H2,1H3,(H,31,33)(H,32,34). The number of amides is 2. The summed E-state index contributed by atoms with van der Waals surface area (Å²) < 4.78 is 0.938. The Morgan fingerprint density at radius 3 is 2.12 bits per heavy atom. The highest BCUT2D eigenvalue weighted by Gasteiger charge is 2.19. The average molecular weight is 513 g/mol. The van der Waals surface area contributed by atoms with Gasteiger partial charge >= 0.3 is 0 Å². The Labute approximate surface area is 208 Å². The number of carbonyl (C=O) groups is 2. The van der Waals surface area contributed by atoms with E-state index in [1.54, 1.807) is 0 Å². The lowest BCUT2D eigenvalue weighted by atomic mass is 9.99. The minimum Gasteiger partial charge on any atom is -0.345 e. The molecule has 0 aromatic heterocycles. The third kappa shape index (κ3) is 6.00. The molecule has 4 rings (SSSR count). The molecule has 0 saturated carbocycles. The van der Waals surface area contributed by atoms with E-state index < -0.39 is 6.04 Å². The third-order valence-corrected chi connectivity index (χ3v) is 6.16. The molecular formula is C29H25BrN2O2. The summed E-state index contributed by atoms with van der Waals surface area (Å²) in [6, 6.07) is 32.2. The number of anilines is 1. The summed E-state index contributed by atoms with van der Waals surface area (Å²) in [5, 5.41) is 5.94. The van der Waals surface area contributed by atoms with Gasteiger partial charge in [0, 0.05) is 15.7 Å². The van der Waals surface area contributed by atoms with E-state index in [9.17, 15) is 9.59 Å². The molecule has 0 fully saturated rings. The molecule has 0 aliphatic carbocycles. The molecule has 0 spiro atoms. The van der Waals surface area contributed by atoms with Crippen molar-refractivity contribution >= 4 is 33.4 Å². The topological polar surface area (TPSA) is 58.2 Å². The summed E-state index contributed by atoms with van der Waals surface area (Å²) in [6.45, 7) is 2.07. The Hall–Kier alpha value is -3.70. The van der Waals surface area contributed by atoms with Gasteiger partial charge in [0.05, 0.1) is 12.5 Å². The molecule has 0 heterocycles. The van der Waals surface area contributed by atoms with Gasteiger partial charge in [-0.05, 0) is 65.6 Å². The van der Waals surface area contributed by atoms with E-state index in [0.29, 0.717) is 11.3 Å². The summed E-state index contributed by atoms with van der Waals surface area (Å²) >= 11 is 3.39. The van der Waals surface area contributed by atoms with Gasteiger partial charge in [-0.25, -0.2) is 0 Å². The lowest BCUT2D eigenvalue weighted by molar-refractivity contribution is -0.116. The molecule has 0 bridgehead atoms. The maximum Gasteiger partial charge on any atom is 0.251 e. The molecule has 4 nitrogen and oxygen atoms in total. The van der Waals surface area contributed by atoms with E-state index >= 15 is 0 Å². The quantitative estimate of drug-likeness (QED) is 0.282. The zero-order chi connectivity index (χ0) is 23.9. The van der Waals surface area contributed by atoms with Crippen LogP contribution in [0.3, 0.4) is 0 Å². The average Bonchev–Trinajstić information content (AvgIpc) is 2.86. The molecule has 0 aliphatic rings. The fraction of sp³-hybridized carbons (Fsp3) is 0.103. The summed E-state index contributed by atoms with van der Waals surface area (Å²) in [6.07, 6.45) is 0.118. The minimum atomic E-state index is -0.458. The van der Waals surface area contributed by atoms with Crippen molar-refractivity contribution in [3.63, 3.8) is 0 Å². The van der Waals surface area contributed by atoms with Crippen LogP contribution in [-0.4, -0.2) is 11.8 Å². The van der Waals surface area contributed by atoms with Crippen molar-refractivity contribution in [1.82, 2.24) is 5.32 Å². The molecule has 34 heavy (non-hydrogen) atoms. The summed E-state index contributed by atoms with van der Waals surface area (Å²) in [5.74, 6) is -0.395. The predicted molar refractivity (Wildman–Crippen MR) is 141 cm³/mol. The highest BCUT2D eigenvalue weighted by Crippen LogP contribution is 2.24. The first-order valence-electron chi connectivity index (χ1n) is 11.1. The van der Waals surface area contributed by atoms with Crippen LogP contribution < -0.4 is 10.6 Å². The number of nitrogens with one attached hydrogen (secondary N) is 2. The van der Waals surface area contributed by atoms with Gasteiger partial charge < -0.3 is 10.6 Å². The van der Waals surface area contributed by atoms with Crippen molar-refractivity contribution in [2.45, 2.75) is 19.4 Å². The second kappa shape index (κ2) is 10.9. The number of aryl methyl sites for hydroxylation is 1. The van der Waals surface area contributed by atoms with Crippen LogP contribution in [0.25, 0.3) is 11.1 Å². The molecule has 170 valence electrons. The fourth-order valence-corrected chi connectivity index (χ4v) is 4.07. The molecule has 0 saturated heterocycles. The SMILES string of the molecule is Cc1ccccc1-c1ccc(C(=O)NC(CC(=O)Nc2ccc(Br)cc2)c2ccccc2)cc1. The fourth-order valence-electron chi connectivity index (χ4n) is 3.81. The van der Waals surface area contributed by atoms with Gasteiger partial charge in [-0.1, -0.05) is 82.7 Å². The Morgan fingerprint density at radius 1 is 0.794 bits per heavy atom. The molecule has 2 amide bonds. The maximum absolute atomic E-state index is 13.1. The molecule has 4 aromatic carbocycles. The Kier molecular flexibility index (Phi) is 7.55. The molecule has 0 radical (unpaired) electrons. The highest BCUT2D eigenvalue weighted by molar-refractivity contribution is 9.10. The number of hydrogen-bond acceptors (Lipinski definition) is 2. The second-order valence-corrected chi connectivity index (χ2v) is 9.00. The van der Waals surface area contributed by atoms with Crippen LogP contribution >= 0.6 is 15.9 Å². The van der Waals surface area contributed by atoms with Gasteiger partial charge in [0.1, 0.15) is 0 Å². The van der Waals surface area contributed by atoms with E-state index in [0.717, 1.165) is 21.2 Å². The van der Waals surface area contributed by atoms with Gasteiger partial charge in [-0.2, -0.15) is 0 Å². The first kappa shape index (κ1) is 23.5. The third-order valence-electron chi connectivity index (χ3n) is 5.63. The van der Waals surface area contributed by atoms with Gasteiger partial charge in [0.2, 0.25) is 5.91 Å². The van der Waals surface area contributed by atoms with Crippen molar-refractivity contribution in [3.05, 3.63) is 124 Å². The maximum atomic E-state index is 13.1. The number of rotatable bonds is 7. The summed E-state index contributed by atoms with van der Waals surface area (Å²) in [5.41, 5.74) is 5.51. The minimum absolute atomic E-state index is 0.118. The van der Waals surface area contributed by atoms with E-state index in [1.807, 2.05) is 91.0 Å². The summed E-state index contributed by atoms with van der Waals surface area (Å²) in [7, 11) is 0. The van der Waals surface area contributed by atoms with Crippen LogP contribution in [0, 0.1) is 6.92 Å². The molecular weight excluding hydrogens is 488 g/mol. The van der Waals surface area contributed by atoms with Crippen molar-refractivity contribution in [1.29, 1.82) is 0 Å². The molecule has 5 heteroatoms. The van der Waals surface area contributed by atoms with Gasteiger partial charge in [0.15, 0.2) is 0 Å². The normalized spacial score (nSPS) is 11.5. The van der Waals surface area contributed by atoms with E-state index in [-0.39, 0.29) is 18.2 Å². The lowest BCUT2D eigenvalue weighted by Crippen LogP contribution is -2.31. The van der Waals surface area contributed by atoms with E-state index in [2.05, 4.69) is 45.6 Å². The number of benzene rings is 4. The van der Waals surface area contributed by atoms with Crippen LogP contribution in [0.4, 0.5) is 5.69 Å². The number of carbonyl (C=O) groups excluding carboxylic acids is 2. The second-order valence-electron chi connectivity index (χ2n) is 8.09. The Balaban J connectivity index is 1.48. The summed E-state index contributed by atoms with van der Waals surface area (Å²) in [4.78, 5) is 25.8. The predicted octanol–water partition coefficient (Wildman–Crippen LogP) is 6.92. The molecule has 1 unspecified atom stereocenters. The van der Waals surface area contributed by atoms with E-state index in [1.165, 1.54) is 5.56 Å². The van der Waals surface area contributed by atoms with Gasteiger partial charge in [-0.15, -0.1) is 0 Å². The molecule has 2 N–H and O–H groups in total. The molecule has 4 aromatic rings. The van der Waals surface area contributed by atoms with Crippen LogP contribution in [0.1, 0.15) is 33.9 Å². The number of halogens is 1. The molecule has 1 atom stereocenters. The lowest BCUT2D eigenvalue weighted by Gasteiger charge is -2.19. The van der Waals surface area contributed by atoms with Crippen LogP contribution in [0.2, 0.25) is 0 Å². The van der Waals surface area contributed by atoms with Crippen molar-refractivity contribution in [2.75, 3.05) is 5.32 Å². The van der Waals surface area contributed by atoms with Crippen molar-refractivity contribution in [2.24, 2.45) is 0 Å². The first-order valence-corrected chi connectivity index (χ1v) is 11.9. The highest BCUT2D eigenvalue weighted by atomic mass is 79.9. The van der Waals surface area contributed by atoms with Crippen LogP contribution in [0.5, 0.6) is 0 Å². The van der Waals surface area contributed by atoms with Gasteiger partial charge in [0.25, 0.3) is 5.91 Å². The zero-order valence-electron chi connectivity index (χ0n) is 18.8. The van der Waals surface area contributed by atoms with E-state index in [4.69, 9.17) is 0 Å². The van der Waals surface area contributed by atoms with Gasteiger partial charge in [-0.3, -0.25) is 9.59 Å². The van der Waals surface area contributed by atoms with Crippen molar-refractivity contribution < 1.29 is 9.59 Å². The Bertz CT molecular complexity index is 1270. The largest absolute Gasteiger partial charge is 0.345 e. The van der Waals surface area contributed by atoms with Crippen LogP contribution in [0.15, 0.2) is 108 Å². The number of hydrogen-bond donors (Lipinski definition) is 2.